The zero-order chi connectivity index (χ0) is 23.6. The molecule has 0 aliphatic rings. The number of sulfone groups is 1. The summed E-state index contributed by atoms with van der Waals surface area (Å²) in [5.41, 5.74) is 4.45. The molecule has 0 atom stereocenters. The van der Waals surface area contributed by atoms with Crippen LogP contribution in [0.2, 0.25) is 0 Å². The van der Waals surface area contributed by atoms with Crippen molar-refractivity contribution in [2.75, 3.05) is 5.32 Å². The molecule has 5 nitrogen and oxygen atoms in total. The fourth-order valence-electron chi connectivity index (χ4n) is 3.88. The van der Waals surface area contributed by atoms with Crippen LogP contribution in [0.1, 0.15) is 36.5 Å². The van der Waals surface area contributed by atoms with Gasteiger partial charge in [-0.3, -0.25) is 4.79 Å². The number of anilines is 1. The second-order valence-electron chi connectivity index (χ2n) is 8.71. The molecule has 4 rings (SSSR count). The van der Waals surface area contributed by atoms with Gasteiger partial charge in [0.25, 0.3) is 0 Å². The lowest BCUT2D eigenvalue weighted by molar-refractivity contribution is -0.116. The van der Waals surface area contributed by atoms with Crippen molar-refractivity contribution in [2.24, 2.45) is 0 Å². The third kappa shape index (κ3) is 5.17. The van der Waals surface area contributed by atoms with Crippen LogP contribution in [-0.2, 0) is 26.9 Å². The lowest BCUT2D eigenvalue weighted by Gasteiger charge is -2.09. The van der Waals surface area contributed by atoms with E-state index in [9.17, 15) is 13.2 Å². The topological polar surface area (TPSA) is 68.2 Å². The highest BCUT2D eigenvalue weighted by atomic mass is 32.2. The smallest absolute Gasteiger partial charge is 0.244 e. The number of rotatable bonds is 7. The predicted octanol–water partition coefficient (Wildman–Crippen LogP) is 5.69. The number of hydrogen-bond donors (Lipinski definition) is 1. The zero-order valence-corrected chi connectivity index (χ0v) is 19.9. The van der Waals surface area contributed by atoms with Crippen LogP contribution in [0.25, 0.3) is 10.9 Å². The maximum absolute atomic E-state index is 13.3. The van der Waals surface area contributed by atoms with Gasteiger partial charge in [0.1, 0.15) is 6.54 Å². The van der Waals surface area contributed by atoms with Gasteiger partial charge >= 0.3 is 0 Å². The van der Waals surface area contributed by atoms with Crippen molar-refractivity contribution in [1.82, 2.24) is 4.57 Å². The molecule has 33 heavy (non-hydrogen) atoms. The molecule has 0 fully saturated rings. The SMILES string of the molecule is Cc1ccc(CS(=O)(=O)c2cn(CC(=O)Nc3ccc(C(C)C)cc3)c3ccccc23)cc1. The average Bonchev–Trinajstić information content (AvgIpc) is 3.15. The third-order valence-electron chi connectivity index (χ3n) is 5.74. The third-order valence-corrected chi connectivity index (χ3v) is 7.45. The Kier molecular flexibility index (Phi) is 6.38. The van der Waals surface area contributed by atoms with Gasteiger partial charge in [-0.05, 0) is 42.2 Å². The number of para-hydroxylation sites is 1. The Morgan fingerprint density at radius 3 is 2.27 bits per heavy atom. The van der Waals surface area contributed by atoms with E-state index in [2.05, 4.69) is 19.2 Å². The highest BCUT2D eigenvalue weighted by molar-refractivity contribution is 7.90. The number of hydrogen-bond acceptors (Lipinski definition) is 3. The van der Waals surface area contributed by atoms with Crippen molar-refractivity contribution in [3.63, 3.8) is 0 Å². The highest BCUT2D eigenvalue weighted by Crippen LogP contribution is 2.28. The lowest BCUT2D eigenvalue weighted by atomic mass is 10.0. The molecule has 1 amide bonds. The minimum atomic E-state index is -3.59. The molecule has 0 saturated heterocycles. The van der Waals surface area contributed by atoms with E-state index in [4.69, 9.17) is 0 Å². The standard InChI is InChI=1S/C27H28N2O3S/c1-19(2)22-12-14-23(15-13-22)28-27(30)17-29-16-26(24-6-4-5-7-25(24)29)33(31,32)18-21-10-8-20(3)9-11-21/h4-16,19H,17-18H2,1-3H3,(H,28,30). The highest BCUT2D eigenvalue weighted by Gasteiger charge is 2.22. The van der Waals surface area contributed by atoms with E-state index in [0.29, 0.717) is 22.5 Å². The zero-order valence-electron chi connectivity index (χ0n) is 19.1. The molecule has 1 N–H and O–H groups in total. The van der Waals surface area contributed by atoms with Gasteiger partial charge in [0, 0.05) is 22.8 Å². The van der Waals surface area contributed by atoms with Gasteiger partial charge in [0.05, 0.1) is 10.6 Å². The van der Waals surface area contributed by atoms with Gasteiger partial charge in [-0.1, -0.05) is 74.0 Å². The summed E-state index contributed by atoms with van der Waals surface area (Å²) in [6, 6.07) is 22.6. The molecule has 0 spiro atoms. The van der Waals surface area contributed by atoms with Crippen LogP contribution >= 0.6 is 0 Å². The van der Waals surface area contributed by atoms with Crippen LogP contribution in [0, 0.1) is 6.92 Å². The van der Waals surface area contributed by atoms with Crippen LogP contribution in [0.5, 0.6) is 0 Å². The minimum absolute atomic E-state index is 0.0203. The van der Waals surface area contributed by atoms with Crippen LogP contribution in [0.4, 0.5) is 5.69 Å². The first-order valence-electron chi connectivity index (χ1n) is 11.0. The van der Waals surface area contributed by atoms with E-state index in [-0.39, 0.29) is 23.1 Å². The van der Waals surface area contributed by atoms with Gasteiger partial charge in [0.2, 0.25) is 5.91 Å². The van der Waals surface area contributed by atoms with Crippen molar-refractivity contribution in [2.45, 2.75) is 43.9 Å². The van der Waals surface area contributed by atoms with Crippen LogP contribution in [0.15, 0.2) is 83.9 Å². The molecular weight excluding hydrogens is 432 g/mol. The van der Waals surface area contributed by atoms with E-state index in [1.807, 2.05) is 73.7 Å². The van der Waals surface area contributed by atoms with Gasteiger partial charge < -0.3 is 9.88 Å². The Hall–Kier alpha value is -3.38. The molecule has 0 aliphatic carbocycles. The second-order valence-corrected chi connectivity index (χ2v) is 10.7. The lowest BCUT2D eigenvalue weighted by Crippen LogP contribution is -2.18. The summed E-state index contributed by atoms with van der Waals surface area (Å²) in [5, 5.41) is 3.53. The van der Waals surface area contributed by atoms with Gasteiger partial charge in [-0.25, -0.2) is 8.42 Å². The fourth-order valence-corrected chi connectivity index (χ4v) is 5.46. The first-order chi connectivity index (χ1) is 15.7. The minimum Gasteiger partial charge on any atom is -0.337 e. The Labute approximate surface area is 195 Å². The normalized spacial score (nSPS) is 11.8. The average molecular weight is 461 g/mol. The summed E-state index contributed by atoms with van der Waals surface area (Å²) in [4.78, 5) is 13.0. The quantitative estimate of drug-likeness (QED) is 0.385. The first kappa shape index (κ1) is 22.8. The Balaban J connectivity index is 1.59. The van der Waals surface area contributed by atoms with Crippen LogP contribution in [-0.4, -0.2) is 18.9 Å². The molecule has 3 aromatic carbocycles. The van der Waals surface area contributed by atoms with E-state index in [1.165, 1.54) is 5.56 Å². The summed E-state index contributed by atoms with van der Waals surface area (Å²) in [7, 11) is -3.59. The van der Waals surface area contributed by atoms with Crippen molar-refractivity contribution in [3.05, 3.63) is 95.7 Å². The molecule has 4 aromatic rings. The molecule has 0 aliphatic heterocycles. The molecule has 6 heteroatoms. The molecule has 1 aromatic heterocycles. The number of carbonyl (C=O) groups is 1. The molecule has 0 saturated carbocycles. The molecule has 0 radical (unpaired) electrons. The number of aryl methyl sites for hydroxylation is 1. The summed E-state index contributed by atoms with van der Waals surface area (Å²) >= 11 is 0. The number of amides is 1. The number of aromatic nitrogens is 1. The van der Waals surface area contributed by atoms with E-state index < -0.39 is 9.84 Å². The number of nitrogens with one attached hydrogen (secondary N) is 1. The first-order valence-corrected chi connectivity index (χ1v) is 12.6. The van der Waals surface area contributed by atoms with E-state index >= 15 is 0 Å². The number of carbonyl (C=O) groups excluding carboxylic acids is 1. The number of nitrogens with zero attached hydrogens (tertiary/aromatic N) is 1. The van der Waals surface area contributed by atoms with Crippen molar-refractivity contribution < 1.29 is 13.2 Å². The Morgan fingerprint density at radius 1 is 0.939 bits per heavy atom. The molecule has 170 valence electrons. The summed E-state index contributed by atoms with van der Waals surface area (Å²) < 4.78 is 28.2. The summed E-state index contributed by atoms with van der Waals surface area (Å²) in [5.74, 6) is 0.118. The maximum Gasteiger partial charge on any atom is 0.244 e. The van der Waals surface area contributed by atoms with Gasteiger partial charge in [0.15, 0.2) is 9.84 Å². The predicted molar refractivity (Wildman–Crippen MR) is 133 cm³/mol. The maximum atomic E-state index is 13.3. The molecule has 0 unspecified atom stereocenters. The van der Waals surface area contributed by atoms with Crippen LogP contribution in [0.3, 0.4) is 0 Å². The molecular formula is C27H28N2O3S. The summed E-state index contributed by atoms with van der Waals surface area (Å²) in [6.45, 7) is 6.23. The monoisotopic (exact) mass is 460 g/mol. The number of benzene rings is 3. The second kappa shape index (κ2) is 9.24. The van der Waals surface area contributed by atoms with E-state index in [0.717, 1.165) is 11.1 Å². The Morgan fingerprint density at radius 2 is 1.61 bits per heavy atom. The molecule has 0 bridgehead atoms. The van der Waals surface area contributed by atoms with Crippen molar-refractivity contribution in [3.8, 4) is 0 Å². The van der Waals surface area contributed by atoms with E-state index in [1.54, 1.807) is 16.8 Å². The number of fused-ring (bicyclic) bond motifs is 1. The van der Waals surface area contributed by atoms with Crippen LogP contribution < -0.4 is 5.32 Å². The van der Waals surface area contributed by atoms with Crippen molar-refractivity contribution >= 4 is 32.3 Å². The summed E-state index contributed by atoms with van der Waals surface area (Å²) in [6.07, 6.45) is 1.58. The molecule has 1 heterocycles. The van der Waals surface area contributed by atoms with Gasteiger partial charge in [-0.2, -0.15) is 0 Å². The van der Waals surface area contributed by atoms with Crippen molar-refractivity contribution in [1.29, 1.82) is 0 Å². The Bertz CT molecular complexity index is 1380. The fraction of sp³-hybridized carbons (Fsp3) is 0.222. The largest absolute Gasteiger partial charge is 0.337 e. The van der Waals surface area contributed by atoms with Gasteiger partial charge in [-0.15, -0.1) is 0 Å².